The van der Waals surface area contributed by atoms with Gasteiger partial charge < -0.3 is 0 Å². The molecule has 0 spiro atoms. The Labute approximate surface area is 224 Å². The Bertz CT molecular complexity index is 1500. The van der Waals surface area contributed by atoms with Gasteiger partial charge in [0.25, 0.3) is 20.2 Å². The summed E-state index contributed by atoms with van der Waals surface area (Å²) in [7, 11) is -8.56. The Morgan fingerprint density at radius 2 is 0.816 bits per heavy atom. The SMILES string of the molecule is Cc1ccc(S(=O)(=O)O[C@@H]2c3ccc(cc3)CCc3ccc(cc3)[C@@H]2OS(=O)(=O)c2ccc(C)cc2)cc1. The molecule has 0 saturated heterocycles. The molecule has 8 rings (SSSR count). The lowest BCUT2D eigenvalue weighted by Gasteiger charge is -2.28. The van der Waals surface area contributed by atoms with E-state index in [2.05, 4.69) is 0 Å². The predicted octanol–water partition coefficient (Wildman–Crippen LogP) is 6.00. The fourth-order valence-corrected chi connectivity index (χ4v) is 6.52. The maximum absolute atomic E-state index is 13.4. The van der Waals surface area contributed by atoms with Crippen molar-refractivity contribution in [2.45, 2.75) is 48.7 Å². The fraction of sp³-hybridized carbons (Fsp3) is 0.200. The largest absolute Gasteiger partial charge is 0.297 e. The van der Waals surface area contributed by atoms with Gasteiger partial charge in [-0.3, -0.25) is 8.37 Å². The van der Waals surface area contributed by atoms with E-state index >= 15 is 0 Å². The summed E-state index contributed by atoms with van der Waals surface area (Å²) in [6.45, 7) is 3.71. The van der Waals surface area contributed by atoms with Crippen molar-refractivity contribution in [3.63, 3.8) is 0 Å². The zero-order chi connectivity index (χ0) is 26.9. The molecule has 4 aromatic carbocycles. The predicted molar refractivity (Wildman–Crippen MR) is 145 cm³/mol. The minimum absolute atomic E-state index is 0.0265. The molecule has 0 heterocycles. The van der Waals surface area contributed by atoms with Crippen LogP contribution in [0.3, 0.4) is 0 Å². The lowest BCUT2D eigenvalue weighted by molar-refractivity contribution is 0.0615. The molecule has 0 aliphatic heterocycles. The van der Waals surface area contributed by atoms with E-state index in [1.54, 1.807) is 48.5 Å². The molecule has 0 amide bonds. The van der Waals surface area contributed by atoms with Gasteiger partial charge in [-0.2, -0.15) is 16.8 Å². The maximum atomic E-state index is 13.4. The second-order valence-electron chi connectivity index (χ2n) is 9.55. The lowest BCUT2D eigenvalue weighted by Crippen LogP contribution is -2.24. The van der Waals surface area contributed by atoms with Gasteiger partial charge >= 0.3 is 0 Å². The summed E-state index contributed by atoms with van der Waals surface area (Å²) in [4.78, 5) is -0.0531. The van der Waals surface area contributed by atoms with Crippen molar-refractivity contribution in [1.82, 2.24) is 0 Å². The first-order chi connectivity index (χ1) is 18.1. The highest BCUT2D eigenvalue weighted by molar-refractivity contribution is 7.87. The Morgan fingerprint density at radius 1 is 0.500 bits per heavy atom. The lowest BCUT2D eigenvalue weighted by atomic mass is 9.93. The first kappa shape index (κ1) is 26.3. The van der Waals surface area contributed by atoms with Gasteiger partial charge in [0.1, 0.15) is 12.2 Å². The van der Waals surface area contributed by atoms with Gasteiger partial charge in [0.2, 0.25) is 0 Å². The normalized spacial score (nSPS) is 17.6. The molecule has 0 radical (unpaired) electrons. The second-order valence-corrected chi connectivity index (χ2v) is 12.7. The molecule has 0 saturated carbocycles. The quantitative estimate of drug-likeness (QED) is 0.275. The van der Waals surface area contributed by atoms with E-state index in [1.807, 2.05) is 38.1 Å². The summed E-state index contributed by atoms with van der Waals surface area (Å²) in [5.74, 6) is 0. The van der Waals surface area contributed by atoms with Crippen LogP contribution < -0.4 is 0 Å². The molecule has 2 atom stereocenters. The first-order valence-corrected chi connectivity index (χ1v) is 15.1. The molecule has 4 aromatic rings. The molecule has 0 N–H and O–H groups in total. The Hall–Kier alpha value is -3.30. The third-order valence-electron chi connectivity index (χ3n) is 6.67. The monoisotopic (exact) mass is 548 g/mol. The molecule has 0 fully saturated rings. The third kappa shape index (κ3) is 5.73. The number of aryl methyl sites for hydroxylation is 4. The molecule has 0 unspecified atom stereocenters. The Kier molecular flexibility index (Phi) is 7.24. The van der Waals surface area contributed by atoms with Gasteiger partial charge in [0.15, 0.2) is 0 Å². The van der Waals surface area contributed by atoms with Crippen molar-refractivity contribution < 1.29 is 25.2 Å². The molecule has 0 aromatic heterocycles. The van der Waals surface area contributed by atoms with Crippen LogP contribution in [0.4, 0.5) is 0 Å². The smallest absolute Gasteiger partial charge is 0.255 e. The van der Waals surface area contributed by atoms with Gasteiger partial charge in [-0.05, 0) is 73.2 Å². The molecule has 4 bridgehead atoms. The number of rotatable bonds is 6. The van der Waals surface area contributed by atoms with Gasteiger partial charge in [0.05, 0.1) is 9.79 Å². The van der Waals surface area contributed by atoms with E-state index in [1.165, 1.54) is 24.3 Å². The van der Waals surface area contributed by atoms with Crippen molar-refractivity contribution in [2.24, 2.45) is 0 Å². The van der Waals surface area contributed by atoms with Crippen molar-refractivity contribution in [3.05, 3.63) is 130 Å². The van der Waals surface area contributed by atoms with Crippen molar-refractivity contribution in [3.8, 4) is 0 Å². The minimum Gasteiger partial charge on any atom is -0.255 e. The fourth-order valence-electron chi connectivity index (χ4n) is 4.39. The Balaban J connectivity index is 1.64. The summed E-state index contributed by atoms with van der Waals surface area (Å²) < 4.78 is 65.4. The van der Waals surface area contributed by atoms with Crippen LogP contribution in [-0.2, 0) is 41.4 Å². The summed E-state index contributed by atoms with van der Waals surface area (Å²) in [6, 6.07) is 27.3. The van der Waals surface area contributed by atoms with Gasteiger partial charge in [-0.25, -0.2) is 0 Å². The van der Waals surface area contributed by atoms with Crippen LogP contribution in [0.1, 0.15) is 45.6 Å². The highest BCUT2D eigenvalue weighted by atomic mass is 32.2. The van der Waals surface area contributed by atoms with Crippen molar-refractivity contribution in [2.75, 3.05) is 0 Å². The molecule has 196 valence electrons. The average Bonchev–Trinajstić information content (AvgIpc) is 2.90. The zero-order valence-electron chi connectivity index (χ0n) is 21.1. The van der Waals surface area contributed by atoms with Gasteiger partial charge in [0, 0.05) is 0 Å². The molecule has 8 heteroatoms. The van der Waals surface area contributed by atoms with E-state index in [0.29, 0.717) is 11.1 Å². The summed E-state index contributed by atoms with van der Waals surface area (Å²) >= 11 is 0. The summed E-state index contributed by atoms with van der Waals surface area (Å²) in [5.41, 5.74) is 4.91. The highest BCUT2D eigenvalue weighted by Gasteiger charge is 2.36. The number of hydrogen-bond acceptors (Lipinski definition) is 6. The van der Waals surface area contributed by atoms with E-state index in [0.717, 1.165) is 35.1 Å². The molecular formula is C30H28O6S2. The van der Waals surface area contributed by atoms with Crippen LogP contribution in [0.5, 0.6) is 0 Å². The molecule has 4 aliphatic carbocycles. The van der Waals surface area contributed by atoms with Gasteiger partial charge in [-0.1, -0.05) is 83.9 Å². The van der Waals surface area contributed by atoms with Crippen LogP contribution in [0.2, 0.25) is 0 Å². The highest BCUT2D eigenvalue weighted by Crippen LogP contribution is 2.40. The van der Waals surface area contributed by atoms with Crippen LogP contribution >= 0.6 is 0 Å². The first-order valence-electron chi connectivity index (χ1n) is 12.3. The molecule has 4 aliphatic rings. The standard InChI is InChI=1S/C30H28O6S2/c1-21-3-17-27(18-4-21)37(31,32)35-29-25-13-9-23(10-14-25)7-8-24-11-15-26(16-12-24)30(29)36-38(33,34)28-19-5-22(2)6-20-28/h3-6,9-20,29-30H,7-8H2,1-2H3/t29-,30+. The van der Waals surface area contributed by atoms with E-state index in [9.17, 15) is 16.8 Å². The second kappa shape index (κ2) is 10.5. The molecular weight excluding hydrogens is 520 g/mol. The van der Waals surface area contributed by atoms with Crippen molar-refractivity contribution >= 4 is 20.2 Å². The number of benzene rings is 4. The molecule has 6 nitrogen and oxygen atoms in total. The third-order valence-corrected chi connectivity index (χ3v) is 9.29. The van der Waals surface area contributed by atoms with Crippen LogP contribution in [-0.4, -0.2) is 16.8 Å². The minimum atomic E-state index is -4.28. The van der Waals surface area contributed by atoms with E-state index < -0.39 is 32.4 Å². The van der Waals surface area contributed by atoms with Gasteiger partial charge in [-0.15, -0.1) is 0 Å². The summed E-state index contributed by atoms with van der Waals surface area (Å²) in [6.07, 6.45) is -0.926. The average molecular weight is 549 g/mol. The van der Waals surface area contributed by atoms with Crippen LogP contribution in [0.25, 0.3) is 0 Å². The Morgan fingerprint density at radius 3 is 1.13 bits per heavy atom. The molecule has 38 heavy (non-hydrogen) atoms. The van der Waals surface area contributed by atoms with E-state index in [-0.39, 0.29) is 9.79 Å². The summed E-state index contributed by atoms with van der Waals surface area (Å²) in [5, 5.41) is 0. The van der Waals surface area contributed by atoms with Crippen LogP contribution in [0, 0.1) is 13.8 Å². The number of hydrogen-bond donors (Lipinski definition) is 0. The topological polar surface area (TPSA) is 86.7 Å². The van der Waals surface area contributed by atoms with E-state index in [4.69, 9.17) is 8.37 Å². The maximum Gasteiger partial charge on any atom is 0.297 e. The zero-order valence-corrected chi connectivity index (χ0v) is 22.7. The van der Waals surface area contributed by atoms with Crippen LogP contribution in [0.15, 0.2) is 107 Å². The van der Waals surface area contributed by atoms with Crippen molar-refractivity contribution in [1.29, 1.82) is 0 Å².